The fourth-order valence-corrected chi connectivity index (χ4v) is 2.96. The highest BCUT2D eigenvalue weighted by molar-refractivity contribution is 5.80. The molecule has 1 aliphatic rings. The van der Waals surface area contributed by atoms with Gasteiger partial charge in [-0.2, -0.15) is 0 Å². The summed E-state index contributed by atoms with van der Waals surface area (Å²) in [6, 6.07) is 6.10. The topological polar surface area (TPSA) is 46.3 Å². The summed E-state index contributed by atoms with van der Waals surface area (Å²) in [5.74, 6) is 0.151. The minimum atomic E-state index is -0.259. The van der Waals surface area contributed by atoms with Crippen molar-refractivity contribution in [3.05, 3.63) is 35.6 Å². The Kier molecular flexibility index (Phi) is 4.76. The first-order chi connectivity index (χ1) is 9.58. The zero-order valence-corrected chi connectivity index (χ0v) is 12.2. The maximum atomic E-state index is 12.9. The van der Waals surface area contributed by atoms with Crippen molar-refractivity contribution < 1.29 is 9.18 Å². The van der Waals surface area contributed by atoms with Gasteiger partial charge in [-0.05, 0) is 50.3 Å². The van der Waals surface area contributed by atoms with Crippen LogP contribution in [0.3, 0.4) is 0 Å². The van der Waals surface area contributed by atoms with Crippen LogP contribution in [-0.4, -0.2) is 23.9 Å². The van der Waals surface area contributed by atoms with E-state index in [2.05, 4.69) is 0 Å². The summed E-state index contributed by atoms with van der Waals surface area (Å²) in [5.41, 5.74) is 7.18. The number of nitrogens with zero attached hydrogens (tertiary/aromatic N) is 1. The van der Waals surface area contributed by atoms with Gasteiger partial charge in [-0.1, -0.05) is 12.1 Å². The normalized spacial score (nSPS) is 23.0. The molecule has 1 fully saturated rings. The minimum absolute atomic E-state index is 0.0231. The highest BCUT2D eigenvalue weighted by atomic mass is 19.1. The number of benzene rings is 1. The lowest BCUT2D eigenvalue weighted by Gasteiger charge is -2.41. The summed E-state index contributed by atoms with van der Waals surface area (Å²) in [7, 11) is 0. The molecule has 3 nitrogen and oxygen atoms in total. The lowest BCUT2D eigenvalue weighted by molar-refractivity contribution is -0.141. The van der Waals surface area contributed by atoms with Crippen LogP contribution in [0.15, 0.2) is 24.3 Å². The Bertz CT molecular complexity index is 456. The first kappa shape index (κ1) is 15.0. The molecule has 3 unspecified atom stereocenters. The van der Waals surface area contributed by atoms with Gasteiger partial charge in [0, 0.05) is 25.0 Å². The second-order valence-corrected chi connectivity index (χ2v) is 5.44. The SMILES string of the molecule is CCN(CC)C(=O)C1CCC1C(N)c1ccc(F)cc1. The van der Waals surface area contributed by atoms with Crippen LogP contribution in [0.5, 0.6) is 0 Å². The Balaban J connectivity index is 2.06. The lowest BCUT2D eigenvalue weighted by atomic mass is 9.67. The van der Waals surface area contributed by atoms with Crippen LogP contribution in [0.2, 0.25) is 0 Å². The third-order valence-electron chi connectivity index (χ3n) is 4.44. The van der Waals surface area contributed by atoms with Crippen molar-refractivity contribution in [2.75, 3.05) is 13.1 Å². The number of hydrogen-bond acceptors (Lipinski definition) is 2. The number of amides is 1. The van der Waals surface area contributed by atoms with Gasteiger partial charge in [0.25, 0.3) is 0 Å². The predicted molar refractivity (Wildman–Crippen MR) is 77.5 cm³/mol. The Labute approximate surface area is 120 Å². The van der Waals surface area contributed by atoms with Crippen LogP contribution in [0.1, 0.15) is 38.3 Å². The van der Waals surface area contributed by atoms with E-state index >= 15 is 0 Å². The molecule has 4 heteroatoms. The predicted octanol–water partition coefficient (Wildman–Crippen LogP) is 2.72. The van der Waals surface area contributed by atoms with E-state index in [9.17, 15) is 9.18 Å². The van der Waals surface area contributed by atoms with Crippen molar-refractivity contribution in [1.82, 2.24) is 4.90 Å². The Morgan fingerprint density at radius 3 is 2.35 bits per heavy atom. The van der Waals surface area contributed by atoms with Gasteiger partial charge in [0.2, 0.25) is 5.91 Å². The van der Waals surface area contributed by atoms with Crippen molar-refractivity contribution in [1.29, 1.82) is 0 Å². The fraction of sp³-hybridized carbons (Fsp3) is 0.562. The van der Waals surface area contributed by atoms with Crippen LogP contribution in [0, 0.1) is 17.7 Å². The van der Waals surface area contributed by atoms with Gasteiger partial charge in [-0.25, -0.2) is 4.39 Å². The van der Waals surface area contributed by atoms with Gasteiger partial charge < -0.3 is 10.6 Å². The molecule has 2 rings (SSSR count). The molecule has 1 aliphatic carbocycles. The molecule has 0 radical (unpaired) electrons. The van der Waals surface area contributed by atoms with Crippen molar-refractivity contribution in [2.24, 2.45) is 17.6 Å². The zero-order chi connectivity index (χ0) is 14.7. The number of halogens is 1. The Hall–Kier alpha value is -1.42. The van der Waals surface area contributed by atoms with E-state index in [1.165, 1.54) is 12.1 Å². The van der Waals surface area contributed by atoms with Gasteiger partial charge in [0.05, 0.1) is 0 Å². The highest BCUT2D eigenvalue weighted by Crippen LogP contribution is 2.42. The average molecular weight is 278 g/mol. The first-order valence-electron chi connectivity index (χ1n) is 7.38. The van der Waals surface area contributed by atoms with Gasteiger partial charge in [0.15, 0.2) is 0 Å². The van der Waals surface area contributed by atoms with Gasteiger partial charge in [-0.15, -0.1) is 0 Å². The molecule has 0 bridgehead atoms. The minimum Gasteiger partial charge on any atom is -0.343 e. The summed E-state index contributed by atoms with van der Waals surface area (Å²) >= 11 is 0. The van der Waals surface area contributed by atoms with Crippen molar-refractivity contribution >= 4 is 5.91 Å². The third-order valence-corrected chi connectivity index (χ3v) is 4.44. The van der Waals surface area contributed by atoms with E-state index in [0.717, 1.165) is 31.5 Å². The number of carbonyl (C=O) groups excluding carboxylic acids is 1. The Morgan fingerprint density at radius 2 is 1.90 bits per heavy atom. The van der Waals surface area contributed by atoms with E-state index < -0.39 is 0 Å². The average Bonchev–Trinajstić information content (AvgIpc) is 2.39. The third kappa shape index (κ3) is 2.85. The van der Waals surface area contributed by atoms with Crippen molar-refractivity contribution in [3.8, 4) is 0 Å². The molecule has 20 heavy (non-hydrogen) atoms. The summed E-state index contributed by atoms with van der Waals surface area (Å²) < 4.78 is 12.9. The summed E-state index contributed by atoms with van der Waals surface area (Å²) in [4.78, 5) is 14.3. The smallest absolute Gasteiger partial charge is 0.226 e. The van der Waals surface area contributed by atoms with Crippen LogP contribution in [-0.2, 0) is 4.79 Å². The van der Waals surface area contributed by atoms with Crippen LogP contribution < -0.4 is 5.73 Å². The second kappa shape index (κ2) is 6.35. The molecule has 1 saturated carbocycles. The summed E-state index contributed by atoms with van der Waals surface area (Å²) in [6.45, 7) is 5.47. The van der Waals surface area contributed by atoms with Gasteiger partial charge in [-0.3, -0.25) is 4.79 Å². The van der Waals surface area contributed by atoms with E-state index in [0.29, 0.717) is 0 Å². The standard InChI is InChI=1S/C16H23FN2O/c1-3-19(4-2)16(20)14-10-9-13(14)15(18)11-5-7-12(17)8-6-11/h5-8,13-15H,3-4,9-10,18H2,1-2H3. The van der Waals surface area contributed by atoms with Crippen LogP contribution in [0.4, 0.5) is 4.39 Å². The quantitative estimate of drug-likeness (QED) is 0.900. The molecular formula is C16H23FN2O. The highest BCUT2D eigenvalue weighted by Gasteiger charge is 2.41. The molecule has 0 spiro atoms. The number of hydrogen-bond donors (Lipinski definition) is 1. The monoisotopic (exact) mass is 278 g/mol. The molecular weight excluding hydrogens is 255 g/mol. The van der Waals surface area contributed by atoms with Crippen LogP contribution in [0.25, 0.3) is 0 Å². The van der Waals surface area contributed by atoms with E-state index in [-0.39, 0.29) is 29.6 Å². The second-order valence-electron chi connectivity index (χ2n) is 5.44. The fourth-order valence-electron chi connectivity index (χ4n) is 2.96. The molecule has 0 aromatic heterocycles. The lowest BCUT2D eigenvalue weighted by Crippen LogP contribution is -2.46. The summed E-state index contributed by atoms with van der Waals surface area (Å²) in [5, 5.41) is 0. The number of rotatable bonds is 5. The molecule has 0 aliphatic heterocycles. The first-order valence-corrected chi connectivity index (χ1v) is 7.38. The molecule has 3 atom stereocenters. The molecule has 0 heterocycles. The molecule has 1 aromatic carbocycles. The molecule has 110 valence electrons. The number of carbonyl (C=O) groups is 1. The molecule has 1 aromatic rings. The van der Waals surface area contributed by atoms with Gasteiger partial charge >= 0.3 is 0 Å². The maximum absolute atomic E-state index is 12.9. The molecule has 2 N–H and O–H groups in total. The maximum Gasteiger partial charge on any atom is 0.226 e. The molecule has 1 amide bonds. The number of nitrogens with two attached hydrogens (primary N) is 1. The largest absolute Gasteiger partial charge is 0.343 e. The van der Waals surface area contributed by atoms with Crippen molar-refractivity contribution in [2.45, 2.75) is 32.7 Å². The molecule has 0 saturated heterocycles. The zero-order valence-electron chi connectivity index (χ0n) is 12.2. The van der Waals surface area contributed by atoms with Gasteiger partial charge in [0.1, 0.15) is 5.82 Å². The van der Waals surface area contributed by atoms with E-state index in [1.807, 2.05) is 18.7 Å². The van der Waals surface area contributed by atoms with E-state index in [4.69, 9.17) is 5.73 Å². The summed E-state index contributed by atoms with van der Waals surface area (Å²) in [6.07, 6.45) is 1.88. The van der Waals surface area contributed by atoms with Crippen molar-refractivity contribution in [3.63, 3.8) is 0 Å². The Morgan fingerprint density at radius 1 is 1.30 bits per heavy atom. The van der Waals surface area contributed by atoms with E-state index in [1.54, 1.807) is 12.1 Å². The van der Waals surface area contributed by atoms with Crippen LogP contribution >= 0.6 is 0 Å².